The van der Waals surface area contributed by atoms with Crippen molar-refractivity contribution in [1.29, 1.82) is 0 Å². The number of nitrogens with zero attached hydrogens (tertiary/aromatic N) is 6. The van der Waals surface area contributed by atoms with E-state index in [9.17, 15) is 4.79 Å². The van der Waals surface area contributed by atoms with E-state index in [4.69, 9.17) is 0 Å². The second-order valence-corrected chi connectivity index (χ2v) is 4.83. The van der Waals surface area contributed by atoms with Gasteiger partial charge in [-0.05, 0) is 13.8 Å². The molecule has 0 atom stereocenters. The Balaban J connectivity index is 2.93. The Morgan fingerprint density at radius 2 is 1.62 bits per heavy atom. The van der Waals surface area contributed by atoms with Gasteiger partial charge in [0.2, 0.25) is 23.8 Å². The minimum absolute atomic E-state index is 0.0559. The molecule has 21 heavy (non-hydrogen) atoms. The number of hydrogen-bond acceptors (Lipinski definition) is 7. The summed E-state index contributed by atoms with van der Waals surface area (Å²) in [4.78, 5) is 30.4. The average Bonchev–Trinajstić information content (AvgIpc) is 2.47. The molecule has 1 rings (SSSR count). The molecule has 0 aromatic carbocycles. The molecule has 1 aromatic rings. The normalized spacial score (nSPS) is 10.2. The number of aromatic nitrogens is 3. The molecular formula is C13H25N7O. The first kappa shape index (κ1) is 16.9. The second kappa shape index (κ2) is 7.61. The minimum atomic E-state index is 0.0559. The lowest BCUT2D eigenvalue weighted by atomic mass is 10.4. The highest BCUT2D eigenvalue weighted by Gasteiger charge is 2.16. The van der Waals surface area contributed by atoms with Crippen molar-refractivity contribution < 1.29 is 4.79 Å². The van der Waals surface area contributed by atoms with Crippen molar-refractivity contribution in [3.63, 3.8) is 0 Å². The van der Waals surface area contributed by atoms with Crippen LogP contribution in [0.1, 0.15) is 13.8 Å². The molecule has 0 saturated carbocycles. The maximum Gasteiger partial charge on any atom is 0.242 e. The van der Waals surface area contributed by atoms with Gasteiger partial charge in [-0.1, -0.05) is 0 Å². The van der Waals surface area contributed by atoms with Gasteiger partial charge in [-0.15, -0.1) is 0 Å². The number of nitrogens with one attached hydrogen (secondary N) is 1. The van der Waals surface area contributed by atoms with Crippen LogP contribution in [-0.2, 0) is 4.79 Å². The molecule has 8 heteroatoms. The molecule has 0 fully saturated rings. The Kier molecular flexibility index (Phi) is 6.13. The van der Waals surface area contributed by atoms with E-state index in [-0.39, 0.29) is 12.5 Å². The molecule has 0 bridgehead atoms. The smallest absolute Gasteiger partial charge is 0.242 e. The van der Waals surface area contributed by atoms with Gasteiger partial charge in [0.05, 0.1) is 6.54 Å². The lowest BCUT2D eigenvalue weighted by molar-refractivity contribution is -0.129. The van der Waals surface area contributed by atoms with Gasteiger partial charge in [0.15, 0.2) is 0 Å². The van der Waals surface area contributed by atoms with Crippen molar-refractivity contribution in [2.24, 2.45) is 0 Å². The zero-order chi connectivity index (χ0) is 16.0. The molecular weight excluding hydrogens is 270 g/mol. The first-order valence-corrected chi connectivity index (χ1v) is 7.02. The van der Waals surface area contributed by atoms with Crippen LogP contribution in [-0.4, -0.2) is 73.6 Å². The van der Waals surface area contributed by atoms with Crippen LogP contribution in [0.5, 0.6) is 0 Å². The number of rotatable bonds is 7. The van der Waals surface area contributed by atoms with E-state index in [0.717, 1.165) is 0 Å². The van der Waals surface area contributed by atoms with Crippen LogP contribution in [0.25, 0.3) is 0 Å². The van der Waals surface area contributed by atoms with Crippen molar-refractivity contribution >= 4 is 23.8 Å². The molecule has 1 N–H and O–H groups in total. The quantitative estimate of drug-likeness (QED) is 0.774. The summed E-state index contributed by atoms with van der Waals surface area (Å²) in [5.41, 5.74) is 0. The molecule has 0 radical (unpaired) electrons. The second-order valence-electron chi connectivity index (χ2n) is 4.83. The summed E-state index contributed by atoms with van der Waals surface area (Å²) in [6, 6.07) is 0. The largest absolute Gasteiger partial charge is 0.357 e. The van der Waals surface area contributed by atoms with Gasteiger partial charge >= 0.3 is 0 Å². The summed E-state index contributed by atoms with van der Waals surface area (Å²) >= 11 is 0. The van der Waals surface area contributed by atoms with Crippen molar-refractivity contribution in [2.75, 3.05) is 62.9 Å². The summed E-state index contributed by atoms with van der Waals surface area (Å²) < 4.78 is 0. The van der Waals surface area contributed by atoms with Crippen LogP contribution in [0.3, 0.4) is 0 Å². The molecule has 0 aliphatic heterocycles. The van der Waals surface area contributed by atoms with Crippen molar-refractivity contribution in [3.8, 4) is 0 Å². The van der Waals surface area contributed by atoms with Gasteiger partial charge < -0.3 is 20.0 Å². The van der Waals surface area contributed by atoms with Crippen molar-refractivity contribution in [2.45, 2.75) is 13.8 Å². The number of carbonyl (C=O) groups is 1. The molecule has 1 aromatic heterocycles. The first-order valence-electron chi connectivity index (χ1n) is 7.02. The summed E-state index contributed by atoms with van der Waals surface area (Å²) in [6.45, 7) is 5.57. The monoisotopic (exact) mass is 295 g/mol. The molecule has 1 heterocycles. The summed E-state index contributed by atoms with van der Waals surface area (Å²) in [7, 11) is 7.27. The predicted octanol–water partition coefficient (Wildman–Crippen LogP) is 0.284. The predicted molar refractivity (Wildman–Crippen MR) is 84.9 cm³/mol. The van der Waals surface area contributed by atoms with Gasteiger partial charge in [0, 0.05) is 41.3 Å². The Morgan fingerprint density at radius 3 is 2.10 bits per heavy atom. The van der Waals surface area contributed by atoms with Gasteiger partial charge in [0.25, 0.3) is 0 Å². The summed E-state index contributed by atoms with van der Waals surface area (Å²) in [5.74, 6) is 1.55. The number of anilines is 3. The lowest BCUT2D eigenvalue weighted by Crippen LogP contribution is -2.39. The third-order valence-electron chi connectivity index (χ3n) is 3.07. The van der Waals surface area contributed by atoms with Crippen LogP contribution in [0.15, 0.2) is 0 Å². The van der Waals surface area contributed by atoms with E-state index < -0.39 is 0 Å². The molecule has 0 saturated heterocycles. The zero-order valence-electron chi connectivity index (χ0n) is 13.7. The van der Waals surface area contributed by atoms with Crippen LogP contribution in [0.2, 0.25) is 0 Å². The zero-order valence-corrected chi connectivity index (χ0v) is 13.7. The summed E-state index contributed by atoms with van der Waals surface area (Å²) in [5, 5.41) is 2.91. The number of hydrogen-bond donors (Lipinski definition) is 1. The van der Waals surface area contributed by atoms with E-state index in [0.29, 0.717) is 30.9 Å². The van der Waals surface area contributed by atoms with E-state index in [2.05, 4.69) is 20.3 Å². The van der Waals surface area contributed by atoms with E-state index in [1.165, 1.54) is 0 Å². The van der Waals surface area contributed by atoms with E-state index in [1.54, 1.807) is 28.8 Å². The Labute approximate surface area is 126 Å². The van der Waals surface area contributed by atoms with Crippen LogP contribution >= 0.6 is 0 Å². The number of likely N-dealkylation sites (N-methyl/N-ethyl adjacent to an activating group) is 2. The fourth-order valence-corrected chi connectivity index (χ4v) is 1.79. The molecule has 0 spiro atoms. The maximum absolute atomic E-state index is 12.1. The van der Waals surface area contributed by atoms with Gasteiger partial charge in [0.1, 0.15) is 0 Å². The molecule has 0 aliphatic rings. The third kappa shape index (κ3) is 4.44. The molecule has 8 nitrogen and oxygen atoms in total. The Bertz CT molecular complexity index is 474. The number of carbonyl (C=O) groups excluding carboxylic acids is 1. The minimum Gasteiger partial charge on any atom is -0.357 e. The van der Waals surface area contributed by atoms with Gasteiger partial charge in [-0.2, -0.15) is 15.0 Å². The molecule has 0 unspecified atom stereocenters. The SMILES string of the molecule is CCN(CC)C(=O)CN(C)c1nc(NC)nc(N(C)C)n1. The van der Waals surface area contributed by atoms with Crippen LogP contribution in [0.4, 0.5) is 17.8 Å². The van der Waals surface area contributed by atoms with E-state index in [1.807, 2.05) is 27.9 Å². The van der Waals surface area contributed by atoms with Gasteiger partial charge in [-0.25, -0.2) is 0 Å². The topological polar surface area (TPSA) is 77.5 Å². The molecule has 1 amide bonds. The highest BCUT2D eigenvalue weighted by molar-refractivity contribution is 5.80. The van der Waals surface area contributed by atoms with E-state index >= 15 is 0 Å². The standard InChI is InChI=1S/C13H25N7O/c1-7-20(8-2)10(21)9-19(6)13-16-11(14-3)15-12(17-13)18(4)5/h7-9H2,1-6H3,(H,14,15,16,17). The van der Waals surface area contributed by atoms with Gasteiger partial charge in [-0.3, -0.25) is 4.79 Å². The van der Waals surface area contributed by atoms with Crippen molar-refractivity contribution in [3.05, 3.63) is 0 Å². The highest BCUT2D eigenvalue weighted by Crippen LogP contribution is 2.13. The first-order chi connectivity index (χ1) is 9.92. The lowest BCUT2D eigenvalue weighted by Gasteiger charge is -2.23. The fourth-order valence-electron chi connectivity index (χ4n) is 1.79. The summed E-state index contributed by atoms with van der Waals surface area (Å²) in [6.07, 6.45) is 0. The third-order valence-corrected chi connectivity index (χ3v) is 3.07. The average molecular weight is 295 g/mol. The molecule has 118 valence electrons. The van der Waals surface area contributed by atoms with Crippen LogP contribution < -0.4 is 15.1 Å². The van der Waals surface area contributed by atoms with Crippen molar-refractivity contribution in [1.82, 2.24) is 19.9 Å². The fraction of sp³-hybridized carbons (Fsp3) is 0.692. The Hall–Kier alpha value is -2.12. The van der Waals surface area contributed by atoms with Crippen LogP contribution in [0, 0.1) is 0 Å². The Morgan fingerprint density at radius 1 is 1.05 bits per heavy atom. The molecule has 0 aliphatic carbocycles. The maximum atomic E-state index is 12.1. The number of amides is 1. The highest BCUT2D eigenvalue weighted by atomic mass is 16.2.